The largest absolute Gasteiger partial charge is 0.394 e. The zero-order chi connectivity index (χ0) is 44.4. The number of allylic oxidation sites excluding steroid dienone is 1. The molecule has 0 radical (unpaired) electrons. The van der Waals surface area contributed by atoms with Crippen molar-refractivity contribution in [2.45, 2.75) is 334 Å². The van der Waals surface area contributed by atoms with Crippen LogP contribution in [0.2, 0.25) is 0 Å². The molecule has 5 nitrogen and oxygen atoms in total. The Labute approximate surface area is 382 Å². The number of aliphatic hydroxyl groups is 3. The van der Waals surface area contributed by atoms with Crippen LogP contribution in [0, 0.1) is 0 Å². The van der Waals surface area contributed by atoms with E-state index in [4.69, 9.17) is 0 Å². The standard InChI is InChI=1S/C56H111NO4/c1-3-5-7-9-11-13-15-17-19-21-23-25-26-27-28-29-30-31-33-35-37-39-41-43-45-47-49-51-55(60)56(61)57-53(52-58)54(59)50-48-46-44-42-40-38-36-34-32-24-22-20-18-16-14-12-10-8-6-4-2/h48,50,53-55,58-60H,3-47,49,51-52H2,1-2H3,(H,57,61)/b50-48+. The van der Waals surface area contributed by atoms with Crippen molar-refractivity contribution in [1.82, 2.24) is 5.32 Å². The van der Waals surface area contributed by atoms with E-state index in [1.165, 1.54) is 263 Å². The van der Waals surface area contributed by atoms with Crippen LogP contribution in [-0.2, 0) is 4.79 Å². The Kier molecular flexibility index (Phi) is 51.0. The number of hydrogen-bond donors (Lipinski definition) is 4. The summed E-state index contributed by atoms with van der Waals surface area (Å²) in [7, 11) is 0. The molecule has 0 saturated carbocycles. The summed E-state index contributed by atoms with van der Waals surface area (Å²) >= 11 is 0. The van der Waals surface area contributed by atoms with Gasteiger partial charge in [0.15, 0.2) is 0 Å². The van der Waals surface area contributed by atoms with Gasteiger partial charge in [0.1, 0.15) is 6.10 Å². The number of amides is 1. The molecule has 0 aromatic heterocycles. The third-order valence-electron chi connectivity index (χ3n) is 13.4. The van der Waals surface area contributed by atoms with E-state index >= 15 is 0 Å². The second kappa shape index (κ2) is 51.7. The van der Waals surface area contributed by atoms with Gasteiger partial charge < -0.3 is 20.6 Å². The van der Waals surface area contributed by atoms with Gasteiger partial charge in [0.05, 0.1) is 18.8 Å². The minimum atomic E-state index is -1.09. The molecule has 0 aliphatic heterocycles. The number of carbonyl (C=O) groups excluding carboxylic acids is 1. The van der Waals surface area contributed by atoms with E-state index in [2.05, 4.69) is 19.2 Å². The van der Waals surface area contributed by atoms with Gasteiger partial charge in [-0.25, -0.2) is 0 Å². The van der Waals surface area contributed by atoms with Crippen molar-refractivity contribution in [3.8, 4) is 0 Å². The van der Waals surface area contributed by atoms with E-state index in [0.29, 0.717) is 6.42 Å². The molecule has 3 atom stereocenters. The highest BCUT2D eigenvalue weighted by molar-refractivity contribution is 5.80. The van der Waals surface area contributed by atoms with E-state index in [1.807, 2.05) is 6.08 Å². The molecule has 0 fully saturated rings. The molecule has 5 heteroatoms. The van der Waals surface area contributed by atoms with Crippen molar-refractivity contribution in [3.05, 3.63) is 12.2 Å². The molecular formula is C56H111NO4. The monoisotopic (exact) mass is 862 g/mol. The van der Waals surface area contributed by atoms with Gasteiger partial charge in [-0.05, 0) is 19.3 Å². The van der Waals surface area contributed by atoms with E-state index in [-0.39, 0.29) is 6.61 Å². The summed E-state index contributed by atoms with van der Waals surface area (Å²) in [5.41, 5.74) is 0. The van der Waals surface area contributed by atoms with E-state index in [1.54, 1.807) is 6.08 Å². The molecule has 0 aromatic carbocycles. The van der Waals surface area contributed by atoms with Crippen LogP contribution in [0.4, 0.5) is 0 Å². The first kappa shape index (κ1) is 60.1. The molecule has 0 aliphatic carbocycles. The fourth-order valence-corrected chi connectivity index (χ4v) is 9.01. The second-order valence-corrected chi connectivity index (χ2v) is 19.5. The summed E-state index contributed by atoms with van der Waals surface area (Å²) in [6, 6.07) is -0.794. The summed E-state index contributed by atoms with van der Waals surface area (Å²) < 4.78 is 0. The van der Waals surface area contributed by atoms with Crippen LogP contribution in [0.25, 0.3) is 0 Å². The summed E-state index contributed by atoms with van der Waals surface area (Å²) in [6.07, 6.45) is 64.3. The molecule has 1 amide bonds. The maximum atomic E-state index is 12.5. The zero-order valence-electron chi connectivity index (χ0n) is 41.6. The fourth-order valence-electron chi connectivity index (χ4n) is 9.01. The Morgan fingerprint density at radius 1 is 0.393 bits per heavy atom. The van der Waals surface area contributed by atoms with Crippen molar-refractivity contribution in [1.29, 1.82) is 0 Å². The van der Waals surface area contributed by atoms with Gasteiger partial charge >= 0.3 is 0 Å². The molecule has 0 aliphatic rings. The Hall–Kier alpha value is -0.910. The first-order chi connectivity index (χ1) is 30.1. The van der Waals surface area contributed by atoms with Crippen LogP contribution < -0.4 is 5.32 Å². The number of rotatable bonds is 52. The van der Waals surface area contributed by atoms with Gasteiger partial charge in [-0.1, -0.05) is 309 Å². The summed E-state index contributed by atoms with van der Waals surface area (Å²) in [4.78, 5) is 12.5. The highest BCUT2D eigenvalue weighted by atomic mass is 16.3. The second-order valence-electron chi connectivity index (χ2n) is 19.5. The summed E-state index contributed by atoms with van der Waals surface area (Å²) in [6.45, 7) is 4.22. The smallest absolute Gasteiger partial charge is 0.249 e. The maximum absolute atomic E-state index is 12.5. The average Bonchev–Trinajstić information content (AvgIpc) is 3.26. The Bertz CT molecular complexity index is 864. The third kappa shape index (κ3) is 46.9. The molecule has 0 bridgehead atoms. The lowest BCUT2D eigenvalue weighted by Crippen LogP contribution is -2.48. The third-order valence-corrected chi connectivity index (χ3v) is 13.4. The lowest BCUT2D eigenvalue weighted by atomic mass is 10.0. The lowest BCUT2D eigenvalue weighted by Gasteiger charge is -2.21. The molecule has 61 heavy (non-hydrogen) atoms. The summed E-state index contributed by atoms with van der Waals surface area (Å²) in [5.74, 6) is -0.496. The predicted octanol–water partition coefficient (Wildman–Crippen LogP) is 17.1. The minimum absolute atomic E-state index is 0.358. The Morgan fingerprint density at radius 3 is 0.902 bits per heavy atom. The molecule has 0 rings (SSSR count). The van der Waals surface area contributed by atoms with Gasteiger partial charge in [0, 0.05) is 0 Å². The van der Waals surface area contributed by atoms with Gasteiger partial charge in [0.25, 0.3) is 0 Å². The molecule has 3 unspecified atom stereocenters. The molecular weight excluding hydrogens is 751 g/mol. The van der Waals surface area contributed by atoms with E-state index in [0.717, 1.165) is 32.1 Å². The number of unbranched alkanes of at least 4 members (excludes halogenated alkanes) is 44. The fraction of sp³-hybridized carbons (Fsp3) is 0.946. The van der Waals surface area contributed by atoms with Gasteiger partial charge in [0.2, 0.25) is 5.91 Å². The predicted molar refractivity (Wildman–Crippen MR) is 269 cm³/mol. The summed E-state index contributed by atoms with van der Waals surface area (Å²) in [5, 5.41) is 33.4. The first-order valence-electron chi connectivity index (χ1n) is 28.0. The van der Waals surface area contributed by atoms with Crippen LogP contribution >= 0.6 is 0 Å². The first-order valence-corrected chi connectivity index (χ1v) is 28.0. The van der Waals surface area contributed by atoms with Crippen LogP contribution in [0.3, 0.4) is 0 Å². The maximum Gasteiger partial charge on any atom is 0.249 e. The lowest BCUT2D eigenvalue weighted by molar-refractivity contribution is -0.131. The quantitative estimate of drug-likeness (QED) is 0.0362. The molecule has 0 heterocycles. The van der Waals surface area contributed by atoms with Crippen molar-refractivity contribution in [3.63, 3.8) is 0 Å². The van der Waals surface area contributed by atoms with Crippen LogP contribution in [-0.4, -0.2) is 46.1 Å². The SMILES string of the molecule is CCCCCCCCCCCCCCCCCCCC/C=C/C(O)C(CO)NC(=O)C(O)CCCCCCCCCCCCCCCCCCCCCCCCCCCCC. The zero-order valence-corrected chi connectivity index (χ0v) is 41.6. The molecule has 4 N–H and O–H groups in total. The number of aliphatic hydroxyl groups excluding tert-OH is 3. The van der Waals surface area contributed by atoms with Crippen LogP contribution in [0.15, 0.2) is 12.2 Å². The van der Waals surface area contributed by atoms with E-state index in [9.17, 15) is 20.1 Å². The number of hydrogen-bond acceptors (Lipinski definition) is 4. The highest BCUT2D eigenvalue weighted by Crippen LogP contribution is 2.18. The topological polar surface area (TPSA) is 89.8 Å². The number of carbonyl (C=O) groups is 1. The Balaban J connectivity index is 3.53. The normalized spacial score (nSPS) is 13.3. The Morgan fingerprint density at radius 2 is 0.639 bits per heavy atom. The molecule has 364 valence electrons. The van der Waals surface area contributed by atoms with Crippen LogP contribution in [0.1, 0.15) is 316 Å². The van der Waals surface area contributed by atoms with Crippen LogP contribution in [0.5, 0.6) is 0 Å². The van der Waals surface area contributed by atoms with Gasteiger partial charge in [-0.3, -0.25) is 4.79 Å². The van der Waals surface area contributed by atoms with Crippen molar-refractivity contribution < 1.29 is 20.1 Å². The average molecular weight is 863 g/mol. The van der Waals surface area contributed by atoms with Gasteiger partial charge in [-0.15, -0.1) is 0 Å². The van der Waals surface area contributed by atoms with Crippen molar-refractivity contribution >= 4 is 5.91 Å². The molecule has 0 saturated heterocycles. The van der Waals surface area contributed by atoms with E-state index < -0.39 is 24.2 Å². The van der Waals surface area contributed by atoms with Crippen molar-refractivity contribution in [2.75, 3.05) is 6.61 Å². The number of nitrogens with one attached hydrogen (secondary N) is 1. The molecule has 0 aromatic rings. The van der Waals surface area contributed by atoms with Crippen molar-refractivity contribution in [2.24, 2.45) is 0 Å². The minimum Gasteiger partial charge on any atom is -0.394 e. The highest BCUT2D eigenvalue weighted by Gasteiger charge is 2.22. The van der Waals surface area contributed by atoms with Gasteiger partial charge in [-0.2, -0.15) is 0 Å². The molecule has 0 spiro atoms.